The van der Waals surface area contributed by atoms with Crippen molar-refractivity contribution < 1.29 is 14.6 Å². The van der Waals surface area contributed by atoms with Crippen LogP contribution in [0, 0.1) is 6.92 Å². The number of hydrogen-bond acceptors (Lipinski definition) is 4. The standard InChI is InChI=1S/C15H15NO3S/c1-3-8-19-11-6-4-10(5-7-11)12-9(2)20-14(16)13(12)15(17)18/h3-7H,1,8,16H2,2H3,(H,17,18). The molecular formula is C15H15NO3S. The van der Waals surface area contributed by atoms with E-state index in [9.17, 15) is 9.90 Å². The Morgan fingerprint density at radius 2 is 2.10 bits per heavy atom. The highest BCUT2D eigenvalue weighted by atomic mass is 32.1. The molecule has 0 fully saturated rings. The van der Waals surface area contributed by atoms with E-state index in [-0.39, 0.29) is 5.56 Å². The highest BCUT2D eigenvalue weighted by Crippen LogP contribution is 2.38. The highest BCUT2D eigenvalue weighted by Gasteiger charge is 2.20. The van der Waals surface area contributed by atoms with Crippen LogP contribution < -0.4 is 10.5 Å². The van der Waals surface area contributed by atoms with Crippen molar-refractivity contribution >= 4 is 22.3 Å². The smallest absolute Gasteiger partial charge is 0.339 e. The van der Waals surface area contributed by atoms with Gasteiger partial charge >= 0.3 is 5.97 Å². The molecule has 0 bridgehead atoms. The highest BCUT2D eigenvalue weighted by molar-refractivity contribution is 7.16. The number of ether oxygens (including phenoxy) is 1. The first-order valence-corrected chi connectivity index (χ1v) is 6.82. The molecule has 0 radical (unpaired) electrons. The number of rotatable bonds is 5. The predicted octanol–water partition coefficient (Wildman–Crippen LogP) is 3.57. The van der Waals surface area contributed by atoms with E-state index in [0.717, 1.165) is 10.4 Å². The van der Waals surface area contributed by atoms with Gasteiger partial charge < -0.3 is 15.6 Å². The van der Waals surface area contributed by atoms with Gasteiger partial charge in [-0.3, -0.25) is 0 Å². The normalized spacial score (nSPS) is 10.2. The second-order valence-corrected chi connectivity index (χ2v) is 5.46. The van der Waals surface area contributed by atoms with Gasteiger partial charge in [0.1, 0.15) is 22.9 Å². The Morgan fingerprint density at radius 1 is 1.45 bits per heavy atom. The van der Waals surface area contributed by atoms with Gasteiger partial charge in [-0.2, -0.15) is 0 Å². The first-order chi connectivity index (χ1) is 9.54. The molecule has 4 nitrogen and oxygen atoms in total. The van der Waals surface area contributed by atoms with Crippen molar-refractivity contribution in [1.82, 2.24) is 0 Å². The lowest BCUT2D eigenvalue weighted by Gasteiger charge is -2.06. The van der Waals surface area contributed by atoms with Gasteiger partial charge in [0.05, 0.1) is 0 Å². The second kappa shape index (κ2) is 5.79. The van der Waals surface area contributed by atoms with E-state index in [1.165, 1.54) is 11.3 Å². The molecule has 20 heavy (non-hydrogen) atoms. The monoisotopic (exact) mass is 289 g/mol. The summed E-state index contributed by atoms with van der Waals surface area (Å²) in [6, 6.07) is 7.27. The van der Waals surface area contributed by atoms with E-state index in [1.807, 2.05) is 19.1 Å². The zero-order valence-corrected chi connectivity index (χ0v) is 11.9. The summed E-state index contributed by atoms with van der Waals surface area (Å²) in [7, 11) is 0. The number of benzene rings is 1. The van der Waals surface area contributed by atoms with Crippen LogP contribution in [0.4, 0.5) is 5.00 Å². The molecule has 0 aliphatic rings. The Morgan fingerprint density at radius 3 is 2.65 bits per heavy atom. The molecule has 1 aromatic carbocycles. The SMILES string of the molecule is C=CCOc1ccc(-c2c(C)sc(N)c2C(=O)O)cc1. The van der Waals surface area contributed by atoms with Crippen LogP contribution in [0.3, 0.4) is 0 Å². The fourth-order valence-electron chi connectivity index (χ4n) is 2.00. The van der Waals surface area contributed by atoms with Crippen LogP contribution in [0.25, 0.3) is 11.1 Å². The number of aromatic carboxylic acids is 1. The Kier molecular flexibility index (Phi) is 4.10. The Hall–Kier alpha value is -2.27. The zero-order valence-electron chi connectivity index (χ0n) is 11.1. The summed E-state index contributed by atoms with van der Waals surface area (Å²) in [5.41, 5.74) is 7.45. The third kappa shape index (κ3) is 2.67. The maximum atomic E-state index is 11.3. The van der Waals surface area contributed by atoms with Crippen molar-refractivity contribution in [2.24, 2.45) is 0 Å². The van der Waals surface area contributed by atoms with E-state index < -0.39 is 5.97 Å². The largest absolute Gasteiger partial charge is 0.490 e. The number of carboxylic acid groups (broad SMARTS) is 1. The number of carboxylic acids is 1. The molecule has 104 valence electrons. The lowest BCUT2D eigenvalue weighted by Crippen LogP contribution is -2.01. The molecule has 5 heteroatoms. The lowest BCUT2D eigenvalue weighted by atomic mass is 10.0. The molecule has 1 heterocycles. The van der Waals surface area contributed by atoms with Gasteiger partial charge in [0, 0.05) is 10.4 Å². The summed E-state index contributed by atoms with van der Waals surface area (Å²) in [4.78, 5) is 12.2. The predicted molar refractivity (Wildman–Crippen MR) is 81.6 cm³/mol. The summed E-state index contributed by atoms with van der Waals surface area (Å²) < 4.78 is 5.40. The second-order valence-electron chi connectivity index (χ2n) is 4.20. The third-order valence-electron chi connectivity index (χ3n) is 2.84. The summed E-state index contributed by atoms with van der Waals surface area (Å²) >= 11 is 1.29. The summed E-state index contributed by atoms with van der Waals surface area (Å²) in [5, 5.41) is 9.61. The summed E-state index contributed by atoms with van der Waals surface area (Å²) in [6.07, 6.45) is 1.67. The Balaban J connectivity index is 2.41. The van der Waals surface area contributed by atoms with Crippen LogP contribution in [0.1, 0.15) is 15.2 Å². The number of carbonyl (C=O) groups is 1. The number of aryl methyl sites for hydroxylation is 1. The minimum absolute atomic E-state index is 0.173. The minimum atomic E-state index is -1.01. The van der Waals surface area contributed by atoms with Gasteiger partial charge in [-0.15, -0.1) is 11.3 Å². The van der Waals surface area contributed by atoms with Crippen molar-refractivity contribution in [2.45, 2.75) is 6.92 Å². The molecule has 1 aromatic heterocycles. The molecule has 0 unspecified atom stereocenters. The summed E-state index contributed by atoms with van der Waals surface area (Å²) in [5.74, 6) is -0.291. The van der Waals surface area contributed by atoms with Crippen molar-refractivity contribution in [1.29, 1.82) is 0 Å². The van der Waals surface area contributed by atoms with Gasteiger partial charge in [0.25, 0.3) is 0 Å². The first kappa shape index (κ1) is 14.1. The number of thiophene rings is 1. The molecule has 0 aliphatic heterocycles. The van der Waals surface area contributed by atoms with Crippen molar-refractivity contribution in [3.8, 4) is 16.9 Å². The molecule has 0 spiro atoms. The minimum Gasteiger partial charge on any atom is -0.490 e. The van der Waals surface area contributed by atoms with Crippen molar-refractivity contribution in [3.05, 3.63) is 47.4 Å². The van der Waals surface area contributed by atoms with Gasteiger partial charge in [-0.1, -0.05) is 24.8 Å². The number of hydrogen-bond donors (Lipinski definition) is 2. The third-order valence-corrected chi connectivity index (χ3v) is 3.77. The molecule has 0 saturated carbocycles. The summed E-state index contributed by atoms with van der Waals surface area (Å²) in [6.45, 7) is 5.88. The molecular weight excluding hydrogens is 274 g/mol. The topological polar surface area (TPSA) is 72.5 Å². The average molecular weight is 289 g/mol. The molecule has 2 aromatic rings. The van der Waals surface area contributed by atoms with Crippen LogP contribution in [0.15, 0.2) is 36.9 Å². The fraction of sp³-hybridized carbons (Fsp3) is 0.133. The van der Waals surface area contributed by atoms with Crippen LogP contribution in [0.2, 0.25) is 0 Å². The van der Waals surface area contributed by atoms with E-state index in [1.54, 1.807) is 18.2 Å². The van der Waals surface area contributed by atoms with Gasteiger partial charge in [0.15, 0.2) is 0 Å². The van der Waals surface area contributed by atoms with Gasteiger partial charge in [-0.25, -0.2) is 4.79 Å². The van der Waals surface area contributed by atoms with Crippen LogP contribution >= 0.6 is 11.3 Å². The fourth-order valence-corrected chi connectivity index (χ4v) is 2.94. The van der Waals surface area contributed by atoms with Crippen LogP contribution in [0.5, 0.6) is 5.75 Å². The maximum absolute atomic E-state index is 11.3. The Bertz CT molecular complexity index is 644. The maximum Gasteiger partial charge on any atom is 0.339 e. The van der Waals surface area contributed by atoms with Gasteiger partial charge in [0.2, 0.25) is 0 Å². The van der Waals surface area contributed by atoms with E-state index in [0.29, 0.717) is 22.9 Å². The lowest BCUT2D eigenvalue weighted by molar-refractivity contribution is 0.0699. The molecule has 0 atom stereocenters. The van der Waals surface area contributed by atoms with Crippen LogP contribution in [-0.4, -0.2) is 17.7 Å². The molecule has 2 rings (SSSR count). The molecule has 3 N–H and O–H groups in total. The van der Waals surface area contributed by atoms with Crippen LogP contribution in [-0.2, 0) is 0 Å². The van der Waals surface area contributed by atoms with E-state index >= 15 is 0 Å². The number of nitrogens with two attached hydrogens (primary N) is 1. The van der Waals surface area contributed by atoms with E-state index in [4.69, 9.17) is 10.5 Å². The average Bonchev–Trinajstić information content (AvgIpc) is 2.72. The Labute approximate surface area is 121 Å². The first-order valence-electron chi connectivity index (χ1n) is 6.01. The molecule has 0 aliphatic carbocycles. The molecule has 0 amide bonds. The quantitative estimate of drug-likeness (QED) is 0.825. The molecule has 0 saturated heterocycles. The zero-order chi connectivity index (χ0) is 14.7. The number of nitrogen functional groups attached to an aromatic ring is 1. The van der Waals surface area contributed by atoms with Crippen molar-refractivity contribution in [3.63, 3.8) is 0 Å². The van der Waals surface area contributed by atoms with Crippen molar-refractivity contribution in [2.75, 3.05) is 12.3 Å². The van der Waals surface area contributed by atoms with E-state index in [2.05, 4.69) is 6.58 Å². The number of anilines is 1. The van der Waals surface area contributed by atoms with Gasteiger partial charge in [-0.05, 0) is 24.6 Å².